The fourth-order valence-electron chi connectivity index (χ4n) is 0.861. The van der Waals surface area contributed by atoms with Crippen molar-refractivity contribution in [2.75, 3.05) is 0 Å². The molecule has 0 fully saturated rings. The second-order valence-corrected chi connectivity index (χ2v) is 4.24. The highest BCUT2D eigenvalue weighted by molar-refractivity contribution is 14.1. The molecule has 12 heavy (non-hydrogen) atoms. The van der Waals surface area contributed by atoms with Gasteiger partial charge in [0.15, 0.2) is 0 Å². The van der Waals surface area contributed by atoms with Crippen LogP contribution in [0, 0.1) is 3.57 Å². The number of aromatic hydroxyl groups is 1. The Balaban J connectivity index is 3.22. The Bertz CT molecular complexity index is 312. The Labute approximate surface area is 92.2 Å². The zero-order valence-corrected chi connectivity index (χ0v) is 9.79. The van der Waals surface area contributed by atoms with E-state index >= 15 is 0 Å². The average molecular weight is 341 g/mol. The minimum Gasteiger partial charge on any atom is -0.506 e. The van der Waals surface area contributed by atoms with E-state index in [9.17, 15) is 9.90 Å². The number of hydrogen-bond donors (Lipinski definition) is 1. The first-order valence-corrected chi connectivity index (χ1v) is 5.13. The van der Waals surface area contributed by atoms with Crippen molar-refractivity contribution >= 4 is 44.8 Å². The normalized spacial score (nSPS) is 9.83. The summed E-state index contributed by atoms with van der Waals surface area (Å²) in [6.45, 7) is 0. The van der Waals surface area contributed by atoms with Crippen LogP contribution in [-0.4, -0.2) is 11.4 Å². The van der Waals surface area contributed by atoms with Gasteiger partial charge in [-0.3, -0.25) is 0 Å². The van der Waals surface area contributed by atoms with Gasteiger partial charge in [0.2, 0.25) is 0 Å². The molecule has 0 amide bonds. The molecule has 0 radical (unpaired) electrons. The molecule has 0 aromatic heterocycles. The summed E-state index contributed by atoms with van der Waals surface area (Å²) in [5, 5.41) is 9.50. The van der Waals surface area contributed by atoms with Gasteiger partial charge in [0, 0.05) is 15.6 Å². The van der Waals surface area contributed by atoms with Crippen LogP contribution in [0.5, 0.6) is 5.75 Å². The minimum atomic E-state index is 0.161. The molecule has 0 aliphatic heterocycles. The van der Waals surface area contributed by atoms with E-state index in [4.69, 9.17) is 0 Å². The average Bonchev–Trinajstić information content (AvgIpc) is 2.06. The van der Waals surface area contributed by atoms with Gasteiger partial charge in [-0.15, -0.1) is 0 Å². The first kappa shape index (κ1) is 9.98. The molecule has 0 heterocycles. The van der Waals surface area contributed by atoms with Crippen molar-refractivity contribution in [3.8, 4) is 5.75 Å². The maximum Gasteiger partial charge on any atom is 0.134 e. The molecule has 2 nitrogen and oxygen atoms in total. The molecule has 1 aromatic carbocycles. The molecule has 1 aromatic rings. The van der Waals surface area contributed by atoms with Gasteiger partial charge in [0.1, 0.15) is 12.0 Å². The summed E-state index contributed by atoms with van der Waals surface area (Å²) in [6.07, 6.45) is 1.03. The van der Waals surface area contributed by atoms with Crippen molar-refractivity contribution in [2.24, 2.45) is 0 Å². The second-order valence-electron chi connectivity index (χ2n) is 2.23. The topological polar surface area (TPSA) is 37.3 Å². The summed E-state index contributed by atoms with van der Waals surface area (Å²) in [5.74, 6) is 0.161. The molecule has 0 bridgehead atoms. The molecule has 0 saturated carbocycles. The Hall–Kier alpha value is -0.100. The number of carbonyl (C=O) groups excluding carboxylic acids is 1. The number of benzene rings is 1. The van der Waals surface area contributed by atoms with Crippen molar-refractivity contribution in [3.05, 3.63) is 25.7 Å². The van der Waals surface area contributed by atoms with Crippen molar-refractivity contribution in [2.45, 2.75) is 6.42 Å². The van der Waals surface area contributed by atoms with Crippen LogP contribution in [0.15, 0.2) is 16.6 Å². The largest absolute Gasteiger partial charge is 0.506 e. The Morgan fingerprint density at radius 3 is 2.83 bits per heavy atom. The SMILES string of the molecule is O=CCc1c(I)ccc(Br)c1O. The van der Waals surface area contributed by atoms with Crippen molar-refractivity contribution in [1.29, 1.82) is 0 Å². The number of phenols is 1. The molecule has 0 spiro atoms. The minimum absolute atomic E-state index is 0.161. The van der Waals surface area contributed by atoms with Crippen LogP contribution in [0.25, 0.3) is 0 Å². The lowest BCUT2D eigenvalue weighted by Gasteiger charge is -2.04. The van der Waals surface area contributed by atoms with E-state index in [-0.39, 0.29) is 12.2 Å². The number of phenolic OH excluding ortho intramolecular Hbond substituents is 1. The highest BCUT2D eigenvalue weighted by Crippen LogP contribution is 2.31. The summed E-state index contributed by atoms with van der Waals surface area (Å²) >= 11 is 5.27. The molecule has 4 heteroatoms. The van der Waals surface area contributed by atoms with Crippen LogP contribution in [0.2, 0.25) is 0 Å². The van der Waals surface area contributed by atoms with Crippen molar-refractivity contribution in [3.63, 3.8) is 0 Å². The van der Waals surface area contributed by atoms with Gasteiger partial charge in [0.25, 0.3) is 0 Å². The van der Waals surface area contributed by atoms with Crippen LogP contribution >= 0.6 is 38.5 Å². The molecule has 0 saturated heterocycles. The summed E-state index contributed by atoms with van der Waals surface area (Å²) in [5.41, 5.74) is 0.681. The van der Waals surface area contributed by atoms with Crippen LogP contribution in [0.3, 0.4) is 0 Å². The molecule has 0 unspecified atom stereocenters. The zero-order chi connectivity index (χ0) is 9.14. The lowest BCUT2D eigenvalue weighted by molar-refractivity contribution is -0.107. The smallest absolute Gasteiger partial charge is 0.134 e. The monoisotopic (exact) mass is 340 g/mol. The standard InChI is InChI=1S/C8H6BrIO2/c9-6-1-2-7(10)5(3-4-11)8(6)12/h1-2,4,12H,3H2. The Morgan fingerprint density at radius 1 is 1.58 bits per heavy atom. The second kappa shape index (κ2) is 4.23. The van der Waals surface area contributed by atoms with Gasteiger partial charge >= 0.3 is 0 Å². The Morgan fingerprint density at radius 2 is 2.25 bits per heavy atom. The summed E-state index contributed by atoms with van der Waals surface area (Å²) in [6, 6.07) is 3.61. The molecule has 0 atom stereocenters. The van der Waals surface area contributed by atoms with Gasteiger partial charge in [-0.25, -0.2) is 0 Å². The molecule has 0 aliphatic carbocycles. The highest BCUT2D eigenvalue weighted by atomic mass is 127. The maximum absolute atomic E-state index is 10.3. The summed E-state index contributed by atoms with van der Waals surface area (Å²) in [4.78, 5) is 10.3. The quantitative estimate of drug-likeness (QED) is 0.663. The predicted octanol–water partition coefficient (Wildman–Crippen LogP) is 2.50. The van der Waals surface area contributed by atoms with Gasteiger partial charge in [-0.1, -0.05) is 0 Å². The van der Waals surface area contributed by atoms with Gasteiger partial charge in [-0.05, 0) is 50.7 Å². The van der Waals surface area contributed by atoms with Crippen molar-refractivity contribution in [1.82, 2.24) is 0 Å². The van der Waals surface area contributed by atoms with E-state index in [1.54, 1.807) is 6.07 Å². The maximum atomic E-state index is 10.3. The van der Waals surface area contributed by atoms with Crippen LogP contribution in [0.4, 0.5) is 0 Å². The molecule has 64 valence electrons. The van der Waals surface area contributed by atoms with E-state index in [0.717, 1.165) is 9.86 Å². The number of halogens is 2. The lowest BCUT2D eigenvalue weighted by atomic mass is 10.1. The van der Waals surface area contributed by atoms with Gasteiger partial charge in [0.05, 0.1) is 4.47 Å². The first-order chi connectivity index (χ1) is 5.66. The van der Waals surface area contributed by atoms with Gasteiger partial charge in [-0.2, -0.15) is 0 Å². The van der Waals surface area contributed by atoms with E-state index in [0.29, 0.717) is 10.0 Å². The van der Waals surface area contributed by atoms with Crippen molar-refractivity contribution < 1.29 is 9.90 Å². The fourth-order valence-corrected chi connectivity index (χ4v) is 1.89. The Kier molecular flexibility index (Phi) is 3.52. The van der Waals surface area contributed by atoms with Gasteiger partial charge < -0.3 is 9.90 Å². The fraction of sp³-hybridized carbons (Fsp3) is 0.125. The first-order valence-electron chi connectivity index (χ1n) is 3.26. The predicted molar refractivity (Wildman–Crippen MR) is 58.3 cm³/mol. The van der Waals surface area contributed by atoms with Crippen LogP contribution in [0.1, 0.15) is 5.56 Å². The third-order valence-electron chi connectivity index (χ3n) is 1.46. The molecular formula is C8H6BrIO2. The third kappa shape index (κ3) is 1.98. The molecule has 0 aliphatic rings. The highest BCUT2D eigenvalue weighted by Gasteiger charge is 2.08. The van der Waals surface area contributed by atoms with E-state index in [2.05, 4.69) is 38.5 Å². The van der Waals surface area contributed by atoms with E-state index in [1.165, 1.54) is 0 Å². The zero-order valence-electron chi connectivity index (χ0n) is 6.05. The number of carbonyl (C=O) groups is 1. The molecule has 1 rings (SSSR count). The molecular weight excluding hydrogens is 335 g/mol. The number of hydrogen-bond acceptors (Lipinski definition) is 2. The third-order valence-corrected chi connectivity index (χ3v) is 3.11. The lowest BCUT2D eigenvalue weighted by Crippen LogP contribution is -1.91. The van der Waals surface area contributed by atoms with E-state index < -0.39 is 0 Å². The van der Waals surface area contributed by atoms with E-state index in [1.807, 2.05) is 6.07 Å². The number of aldehydes is 1. The number of rotatable bonds is 2. The summed E-state index contributed by atoms with van der Waals surface area (Å²) < 4.78 is 1.53. The summed E-state index contributed by atoms with van der Waals surface area (Å²) in [7, 11) is 0. The van der Waals surface area contributed by atoms with Crippen LogP contribution < -0.4 is 0 Å². The molecule has 1 N–H and O–H groups in total. The van der Waals surface area contributed by atoms with Crippen LogP contribution in [-0.2, 0) is 11.2 Å².